The molecule has 0 aromatic carbocycles. The van der Waals surface area contributed by atoms with Crippen LogP contribution in [-0.4, -0.2) is 20.5 Å². The molecule has 2 aromatic heterocycles. The first-order valence-corrected chi connectivity index (χ1v) is 3.92. The molecule has 4 nitrogen and oxygen atoms in total. The van der Waals surface area contributed by atoms with Gasteiger partial charge >= 0.3 is 5.97 Å². The fourth-order valence-corrected chi connectivity index (χ4v) is 1.27. The van der Waals surface area contributed by atoms with Crippen molar-refractivity contribution < 1.29 is 9.90 Å². The molecule has 5 heteroatoms. The van der Waals surface area contributed by atoms with E-state index in [1.165, 1.54) is 16.8 Å². The van der Waals surface area contributed by atoms with Crippen molar-refractivity contribution >= 4 is 23.2 Å². The molecule has 0 aliphatic heterocycles. The van der Waals surface area contributed by atoms with E-state index >= 15 is 0 Å². The molecule has 0 fully saturated rings. The highest BCUT2D eigenvalue weighted by molar-refractivity contribution is 6.30. The summed E-state index contributed by atoms with van der Waals surface area (Å²) in [6.45, 7) is 0. The lowest BCUT2D eigenvalue weighted by Crippen LogP contribution is -2.00. The van der Waals surface area contributed by atoms with E-state index in [9.17, 15) is 4.79 Å². The molecule has 2 heterocycles. The predicted octanol–water partition coefficient (Wildman–Crippen LogP) is 1.69. The maximum Gasteiger partial charge on any atom is 0.354 e. The van der Waals surface area contributed by atoms with E-state index < -0.39 is 5.97 Å². The van der Waals surface area contributed by atoms with Gasteiger partial charge in [-0.1, -0.05) is 11.6 Å². The van der Waals surface area contributed by atoms with Gasteiger partial charge in [-0.15, -0.1) is 0 Å². The molecule has 1 N–H and O–H groups in total. The Bertz CT molecular complexity index is 478. The third-order valence-electron chi connectivity index (χ3n) is 1.69. The molecule has 0 bridgehead atoms. The lowest BCUT2D eigenvalue weighted by atomic mass is 10.4. The van der Waals surface area contributed by atoms with Gasteiger partial charge in [0, 0.05) is 6.20 Å². The zero-order valence-corrected chi connectivity index (χ0v) is 7.19. The molecule has 2 rings (SSSR count). The Labute approximate surface area is 78.4 Å². The van der Waals surface area contributed by atoms with E-state index in [0.29, 0.717) is 10.7 Å². The molecule has 0 saturated heterocycles. The van der Waals surface area contributed by atoms with Gasteiger partial charge in [0.2, 0.25) is 0 Å². The van der Waals surface area contributed by atoms with E-state index in [2.05, 4.69) is 4.98 Å². The summed E-state index contributed by atoms with van der Waals surface area (Å²) in [6, 6.07) is 3.32. The second-order valence-corrected chi connectivity index (χ2v) is 2.96. The number of fused-ring (bicyclic) bond motifs is 1. The number of halogens is 1. The SMILES string of the molecule is O=C(O)c1cnc2ccc(Cl)cn12. The lowest BCUT2D eigenvalue weighted by molar-refractivity contribution is 0.0689. The second kappa shape index (κ2) is 2.74. The van der Waals surface area contributed by atoms with Crippen LogP contribution < -0.4 is 0 Å². The average Bonchev–Trinajstić information content (AvgIpc) is 2.46. The zero-order chi connectivity index (χ0) is 9.42. The highest BCUT2D eigenvalue weighted by Gasteiger charge is 2.09. The van der Waals surface area contributed by atoms with Gasteiger partial charge in [0.05, 0.1) is 11.2 Å². The van der Waals surface area contributed by atoms with Gasteiger partial charge in [0.15, 0.2) is 5.69 Å². The van der Waals surface area contributed by atoms with Crippen molar-refractivity contribution in [3.63, 3.8) is 0 Å². The fourth-order valence-electron chi connectivity index (χ4n) is 1.11. The molecule has 0 aliphatic rings. The molecular formula is C8H5ClN2O2. The lowest BCUT2D eigenvalue weighted by Gasteiger charge is -1.96. The van der Waals surface area contributed by atoms with Crippen LogP contribution in [0.4, 0.5) is 0 Å². The van der Waals surface area contributed by atoms with Crippen molar-refractivity contribution in [2.45, 2.75) is 0 Å². The van der Waals surface area contributed by atoms with Crippen LogP contribution in [0.3, 0.4) is 0 Å². The van der Waals surface area contributed by atoms with Gasteiger partial charge in [0.1, 0.15) is 5.65 Å². The first-order chi connectivity index (χ1) is 6.18. The number of aromatic carboxylic acids is 1. The number of rotatable bonds is 1. The Hall–Kier alpha value is -1.55. The Morgan fingerprint density at radius 1 is 1.54 bits per heavy atom. The third-order valence-corrected chi connectivity index (χ3v) is 1.91. The van der Waals surface area contributed by atoms with Gasteiger partial charge in [-0.3, -0.25) is 4.40 Å². The van der Waals surface area contributed by atoms with Crippen molar-refractivity contribution in [3.8, 4) is 0 Å². The number of hydrogen-bond acceptors (Lipinski definition) is 2. The monoisotopic (exact) mass is 196 g/mol. The Morgan fingerprint density at radius 2 is 2.31 bits per heavy atom. The number of hydrogen-bond donors (Lipinski definition) is 1. The number of aromatic nitrogens is 2. The molecule has 0 aliphatic carbocycles. The Balaban J connectivity index is 2.79. The normalized spacial score (nSPS) is 10.5. The first-order valence-electron chi connectivity index (χ1n) is 3.54. The highest BCUT2D eigenvalue weighted by atomic mass is 35.5. The van der Waals surface area contributed by atoms with Crippen LogP contribution in [-0.2, 0) is 0 Å². The summed E-state index contributed by atoms with van der Waals surface area (Å²) >= 11 is 5.71. The summed E-state index contributed by atoms with van der Waals surface area (Å²) in [5.41, 5.74) is 0.680. The number of carboxylic acids is 1. The summed E-state index contributed by atoms with van der Waals surface area (Å²) in [5, 5.41) is 9.24. The summed E-state index contributed by atoms with van der Waals surface area (Å²) in [4.78, 5) is 14.6. The van der Waals surface area contributed by atoms with E-state index in [1.54, 1.807) is 12.1 Å². The molecule has 0 radical (unpaired) electrons. The van der Waals surface area contributed by atoms with Crippen LogP contribution in [0.25, 0.3) is 5.65 Å². The number of imidazole rings is 1. The minimum Gasteiger partial charge on any atom is -0.477 e. The molecule has 0 atom stereocenters. The van der Waals surface area contributed by atoms with E-state index in [4.69, 9.17) is 16.7 Å². The van der Waals surface area contributed by atoms with Crippen LogP contribution in [0.2, 0.25) is 5.02 Å². The van der Waals surface area contributed by atoms with Gasteiger partial charge in [0.25, 0.3) is 0 Å². The maximum absolute atomic E-state index is 10.7. The highest BCUT2D eigenvalue weighted by Crippen LogP contribution is 2.12. The van der Waals surface area contributed by atoms with E-state index in [0.717, 1.165) is 0 Å². The number of pyridine rings is 1. The molecule has 0 saturated carbocycles. The van der Waals surface area contributed by atoms with Crippen molar-refractivity contribution in [1.29, 1.82) is 0 Å². The minimum atomic E-state index is -1.02. The van der Waals surface area contributed by atoms with Gasteiger partial charge in [-0.05, 0) is 12.1 Å². The third kappa shape index (κ3) is 1.25. The van der Waals surface area contributed by atoms with Gasteiger partial charge < -0.3 is 5.11 Å². The van der Waals surface area contributed by atoms with Gasteiger partial charge in [-0.2, -0.15) is 0 Å². The average molecular weight is 197 g/mol. The quantitative estimate of drug-likeness (QED) is 0.755. The molecule has 0 spiro atoms. The molecule has 0 unspecified atom stereocenters. The van der Waals surface area contributed by atoms with Crippen LogP contribution in [0, 0.1) is 0 Å². The number of nitrogens with zero attached hydrogens (tertiary/aromatic N) is 2. The van der Waals surface area contributed by atoms with E-state index in [-0.39, 0.29) is 5.69 Å². The Kier molecular flexibility index (Phi) is 1.70. The number of carboxylic acid groups (broad SMARTS) is 1. The van der Waals surface area contributed by atoms with Crippen molar-refractivity contribution in [2.75, 3.05) is 0 Å². The maximum atomic E-state index is 10.7. The molecule has 0 amide bonds. The smallest absolute Gasteiger partial charge is 0.354 e. The van der Waals surface area contributed by atoms with Gasteiger partial charge in [-0.25, -0.2) is 9.78 Å². The minimum absolute atomic E-state index is 0.109. The topological polar surface area (TPSA) is 54.6 Å². The van der Waals surface area contributed by atoms with Crippen LogP contribution >= 0.6 is 11.6 Å². The van der Waals surface area contributed by atoms with E-state index in [1.807, 2.05) is 0 Å². The fraction of sp³-hybridized carbons (Fsp3) is 0. The molecule has 13 heavy (non-hydrogen) atoms. The van der Waals surface area contributed by atoms with Crippen molar-refractivity contribution in [1.82, 2.24) is 9.38 Å². The van der Waals surface area contributed by atoms with Crippen molar-refractivity contribution in [2.24, 2.45) is 0 Å². The summed E-state index contributed by atoms with van der Waals surface area (Å²) in [5.74, 6) is -1.02. The standard InChI is InChI=1S/C8H5ClN2O2/c9-5-1-2-7-10-3-6(8(12)13)11(7)4-5/h1-4H,(H,12,13). The summed E-state index contributed by atoms with van der Waals surface area (Å²) in [6.07, 6.45) is 2.82. The van der Waals surface area contributed by atoms with Crippen molar-refractivity contribution in [3.05, 3.63) is 35.2 Å². The predicted molar refractivity (Wildman–Crippen MR) is 47.2 cm³/mol. The zero-order valence-electron chi connectivity index (χ0n) is 6.44. The summed E-state index contributed by atoms with van der Waals surface area (Å²) < 4.78 is 1.44. The van der Waals surface area contributed by atoms with Crippen LogP contribution in [0.15, 0.2) is 24.5 Å². The molecular weight excluding hydrogens is 192 g/mol. The second-order valence-electron chi connectivity index (χ2n) is 2.52. The summed E-state index contributed by atoms with van der Waals surface area (Å²) in [7, 11) is 0. The number of carbonyl (C=O) groups is 1. The van der Waals surface area contributed by atoms with Crippen LogP contribution in [0.5, 0.6) is 0 Å². The Morgan fingerprint density at radius 3 is 3.00 bits per heavy atom. The first kappa shape index (κ1) is 8.07. The molecule has 2 aromatic rings. The van der Waals surface area contributed by atoms with Crippen LogP contribution in [0.1, 0.15) is 10.5 Å². The largest absolute Gasteiger partial charge is 0.477 e. The molecule has 66 valence electrons.